The maximum atomic E-state index is 12.2. The average Bonchev–Trinajstić information content (AvgIpc) is 2.58. The van der Waals surface area contributed by atoms with Gasteiger partial charge in [-0.25, -0.2) is 9.59 Å². The van der Waals surface area contributed by atoms with Gasteiger partial charge in [-0.15, -0.1) is 0 Å². The third-order valence-electron chi connectivity index (χ3n) is 4.10. The number of non-ortho nitro benzene ring substituents is 1. The normalized spacial score (nSPS) is 19.6. The summed E-state index contributed by atoms with van der Waals surface area (Å²) < 4.78 is 10.2. The van der Waals surface area contributed by atoms with Crippen molar-refractivity contribution in [3.63, 3.8) is 0 Å². The van der Waals surface area contributed by atoms with Crippen molar-refractivity contribution < 1.29 is 24.0 Å². The van der Waals surface area contributed by atoms with E-state index in [1.807, 2.05) is 4.90 Å². The Hall–Kier alpha value is -2.94. The molecule has 0 aliphatic carbocycles. The highest BCUT2D eigenvalue weighted by atomic mass is 16.7. The van der Waals surface area contributed by atoms with Gasteiger partial charge in [-0.1, -0.05) is 0 Å². The Balaban J connectivity index is 2.04. The minimum Gasteiger partial charge on any atom is -0.419 e. The van der Waals surface area contributed by atoms with Crippen LogP contribution in [-0.4, -0.2) is 48.8 Å². The lowest BCUT2D eigenvalue weighted by molar-refractivity contribution is -0.384. The molecule has 0 amide bonds. The highest BCUT2D eigenvalue weighted by Gasteiger charge is 2.39. The van der Waals surface area contributed by atoms with E-state index in [2.05, 4.69) is 5.32 Å². The second-order valence-electron chi connectivity index (χ2n) is 6.47. The van der Waals surface area contributed by atoms with Crippen molar-refractivity contribution in [3.8, 4) is 0 Å². The number of anilines is 1. The summed E-state index contributed by atoms with van der Waals surface area (Å²) in [5.41, 5.74) is 0.676. The minimum absolute atomic E-state index is 0.131. The van der Waals surface area contributed by atoms with Gasteiger partial charge in [0.25, 0.3) is 11.5 Å². The molecule has 0 unspecified atom stereocenters. The highest BCUT2D eigenvalue weighted by molar-refractivity contribution is 6.19. The first-order valence-electron chi connectivity index (χ1n) is 8.19. The van der Waals surface area contributed by atoms with E-state index < -0.39 is 22.6 Å². The highest BCUT2D eigenvalue weighted by Crippen LogP contribution is 2.30. The van der Waals surface area contributed by atoms with Crippen LogP contribution in [0.1, 0.15) is 19.4 Å². The quantitative estimate of drug-likeness (QED) is 0.281. The Morgan fingerprint density at radius 2 is 1.81 bits per heavy atom. The number of nitrogens with one attached hydrogen (secondary N) is 1. The molecule has 0 aromatic heterocycles. The van der Waals surface area contributed by atoms with E-state index in [-0.39, 0.29) is 11.3 Å². The van der Waals surface area contributed by atoms with Crippen LogP contribution in [0, 0.1) is 10.1 Å². The van der Waals surface area contributed by atoms with Crippen LogP contribution in [0.25, 0.3) is 6.08 Å². The molecule has 0 spiro atoms. The molecular weight excluding hydrogens is 342 g/mol. The van der Waals surface area contributed by atoms with Crippen molar-refractivity contribution in [1.82, 2.24) is 5.32 Å². The number of esters is 2. The number of ether oxygens (including phenoxy) is 2. The average molecular weight is 361 g/mol. The molecule has 2 heterocycles. The van der Waals surface area contributed by atoms with Crippen molar-refractivity contribution in [1.29, 1.82) is 0 Å². The third kappa shape index (κ3) is 3.67. The molecule has 0 saturated carbocycles. The molecule has 0 bridgehead atoms. The number of cyclic esters (lactones) is 2. The molecule has 2 saturated heterocycles. The second kappa shape index (κ2) is 6.75. The van der Waals surface area contributed by atoms with E-state index in [1.54, 1.807) is 6.07 Å². The molecular formula is C17H19N3O6. The number of nitro groups is 1. The Morgan fingerprint density at radius 3 is 2.38 bits per heavy atom. The van der Waals surface area contributed by atoms with Gasteiger partial charge in [0, 0.05) is 63.4 Å². The van der Waals surface area contributed by atoms with Crippen LogP contribution in [0.3, 0.4) is 0 Å². The molecule has 26 heavy (non-hydrogen) atoms. The zero-order chi connectivity index (χ0) is 18.9. The van der Waals surface area contributed by atoms with Crippen molar-refractivity contribution in [2.45, 2.75) is 19.6 Å². The molecule has 2 aliphatic rings. The fourth-order valence-electron chi connectivity index (χ4n) is 2.90. The Labute approximate surface area is 149 Å². The maximum Gasteiger partial charge on any atom is 0.348 e. The summed E-state index contributed by atoms with van der Waals surface area (Å²) >= 11 is 0. The monoisotopic (exact) mass is 361 g/mol. The molecule has 2 fully saturated rings. The molecule has 2 aliphatic heterocycles. The van der Waals surface area contributed by atoms with Gasteiger partial charge in [0.2, 0.25) is 0 Å². The summed E-state index contributed by atoms with van der Waals surface area (Å²) in [6, 6.07) is 4.37. The molecule has 1 N–H and O–H groups in total. The summed E-state index contributed by atoms with van der Waals surface area (Å²) in [4.78, 5) is 37.0. The van der Waals surface area contributed by atoms with Gasteiger partial charge in [0.05, 0.1) is 4.92 Å². The van der Waals surface area contributed by atoms with Crippen LogP contribution in [0.15, 0.2) is 23.8 Å². The van der Waals surface area contributed by atoms with E-state index in [9.17, 15) is 19.7 Å². The molecule has 9 nitrogen and oxygen atoms in total. The number of benzene rings is 1. The lowest BCUT2D eigenvalue weighted by Crippen LogP contribution is -2.44. The smallest absolute Gasteiger partial charge is 0.348 e. The molecule has 0 radical (unpaired) electrons. The molecule has 9 heteroatoms. The first-order valence-corrected chi connectivity index (χ1v) is 8.19. The fourth-order valence-corrected chi connectivity index (χ4v) is 2.90. The lowest BCUT2D eigenvalue weighted by Gasteiger charge is -2.31. The van der Waals surface area contributed by atoms with Crippen LogP contribution in [0.4, 0.5) is 11.4 Å². The van der Waals surface area contributed by atoms with Crippen molar-refractivity contribution in [2.75, 3.05) is 31.1 Å². The molecule has 1 aromatic rings. The third-order valence-corrected chi connectivity index (χ3v) is 4.10. The molecule has 1 aromatic carbocycles. The number of nitrogens with zero attached hydrogens (tertiary/aromatic N) is 2. The SMILES string of the molecule is CC1(C)OC(=O)C(=Cc2cc([N+](=O)[O-])ccc2N2CCNCC2)C(=O)O1. The van der Waals surface area contributed by atoms with Crippen molar-refractivity contribution in [3.05, 3.63) is 39.4 Å². The number of hydrogen-bond acceptors (Lipinski definition) is 8. The van der Waals surface area contributed by atoms with E-state index >= 15 is 0 Å². The van der Waals surface area contributed by atoms with Gasteiger partial charge in [-0.05, 0) is 12.1 Å². The number of piperazine rings is 1. The summed E-state index contributed by atoms with van der Waals surface area (Å²) in [6.45, 7) is 5.86. The number of carbonyl (C=O) groups is 2. The number of nitro benzene ring substituents is 1. The van der Waals surface area contributed by atoms with E-state index in [0.717, 1.165) is 13.1 Å². The number of rotatable bonds is 3. The van der Waals surface area contributed by atoms with E-state index in [1.165, 1.54) is 32.1 Å². The van der Waals surface area contributed by atoms with Crippen LogP contribution < -0.4 is 10.2 Å². The van der Waals surface area contributed by atoms with Crippen LogP contribution >= 0.6 is 0 Å². The van der Waals surface area contributed by atoms with Crippen LogP contribution in [0.5, 0.6) is 0 Å². The fraction of sp³-hybridized carbons (Fsp3) is 0.412. The largest absolute Gasteiger partial charge is 0.419 e. The van der Waals surface area contributed by atoms with Crippen LogP contribution in [-0.2, 0) is 19.1 Å². The Kier molecular flexibility index (Phi) is 4.64. The predicted octanol–water partition coefficient (Wildman–Crippen LogP) is 1.22. The Bertz CT molecular complexity index is 774. The maximum absolute atomic E-state index is 12.2. The van der Waals surface area contributed by atoms with E-state index in [0.29, 0.717) is 24.3 Å². The van der Waals surface area contributed by atoms with Crippen molar-refractivity contribution in [2.24, 2.45) is 0 Å². The summed E-state index contributed by atoms with van der Waals surface area (Å²) in [5.74, 6) is -2.97. The minimum atomic E-state index is -1.34. The first kappa shape index (κ1) is 17.9. The van der Waals surface area contributed by atoms with Gasteiger partial charge >= 0.3 is 11.9 Å². The van der Waals surface area contributed by atoms with Gasteiger partial charge in [0.15, 0.2) is 0 Å². The van der Waals surface area contributed by atoms with Crippen LogP contribution in [0.2, 0.25) is 0 Å². The number of carbonyl (C=O) groups excluding carboxylic acids is 2. The standard InChI is InChI=1S/C17H19N3O6/c1-17(2)25-15(21)13(16(22)26-17)10-11-9-12(20(23)24)3-4-14(11)19-7-5-18-6-8-19/h3-4,9-10,18H,5-8H2,1-2H3. The van der Waals surface area contributed by atoms with Gasteiger partial charge in [-0.2, -0.15) is 0 Å². The molecule has 3 rings (SSSR count). The van der Waals surface area contributed by atoms with Crippen molar-refractivity contribution >= 4 is 29.4 Å². The summed E-state index contributed by atoms with van der Waals surface area (Å²) in [5, 5.41) is 14.3. The summed E-state index contributed by atoms with van der Waals surface area (Å²) in [7, 11) is 0. The zero-order valence-corrected chi connectivity index (χ0v) is 14.5. The molecule has 138 valence electrons. The first-order chi connectivity index (χ1) is 12.3. The van der Waals surface area contributed by atoms with Gasteiger partial charge < -0.3 is 19.7 Å². The van der Waals surface area contributed by atoms with Gasteiger partial charge in [-0.3, -0.25) is 10.1 Å². The Morgan fingerprint density at radius 1 is 1.19 bits per heavy atom. The topological polar surface area (TPSA) is 111 Å². The van der Waals surface area contributed by atoms with E-state index in [4.69, 9.17) is 9.47 Å². The predicted molar refractivity (Wildman–Crippen MR) is 92.4 cm³/mol. The second-order valence-corrected chi connectivity index (χ2v) is 6.47. The molecule has 0 atom stereocenters. The summed E-state index contributed by atoms with van der Waals surface area (Å²) in [6.07, 6.45) is 1.30. The van der Waals surface area contributed by atoms with Gasteiger partial charge in [0.1, 0.15) is 5.57 Å². The zero-order valence-electron chi connectivity index (χ0n) is 14.5. The lowest BCUT2D eigenvalue weighted by atomic mass is 10.1. The number of hydrogen-bond donors (Lipinski definition) is 1.